The lowest BCUT2D eigenvalue weighted by molar-refractivity contribution is -0.0610. The molecule has 1 saturated heterocycles. The number of carbonyl (C=O) groups is 1. The Morgan fingerprint density at radius 3 is 2.24 bits per heavy atom. The third-order valence-electron chi connectivity index (χ3n) is 4.01. The second-order valence-corrected chi connectivity index (χ2v) is 11.5. The van der Waals surface area contributed by atoms with Gasteiger partial charge in [-0.05, 0) is 75.2 Å². The maximum Gasteiger partial charge on any atom is 0.413 e. The van der Waals surface area contributed by atoms with Crippen LogP contribution >= 0.6 is 7.60 Å². The molecular weight excluding hydrogens is 393 g/mol. The van der Waals surface area contributed by atoms with E-state index in [0.717, 1.165) is 0 Å². The van der Waals surface area contributed by atoms with Crippen molar-refractivity contribution >= 4 is 13.7 Å². The maximum absolute atomic E-state index is 12.9. The smallest absolute Gasteiger partial charge is 0.413 e. The number of hydrogen-bond donors (Lipinski definition) is 0. The second kappa shape index (κ2) is 10.4. The summed E-state index contributed by atoms with van der Waals surface area (Å²) in [5, 5.41) is 0. The highest BCUT2D eigenvalue weighted by atomic mass is 31.2. The van der Waals surface area contributed by atoms with Crippen LogP contribution in [0.4, 0.5) is 4.79 Å². The van der Waals surface area contributed by atoms with E-state index in [4.69, 9.17) is 18.5 Å². The van der Waals surface area contributed by atoms with Crippen molar-refractivity contribution in [1.29, 1.82) is 0 Å². The van der Waals surface area contributed by atoms with Gasteiger partial charge in [-0.25, -0.2) is 4.79 Å². The predicted molar refractivity (Wildman–Crippen MR) is 115 cm³/mol. The summed E-state index contributed by atoms with van der Waals surface area (Å²) in [6.45, 7) is 17.1. The summed E-state index contributed by atoms with van der Waals surface area (Å²) in [6, 6.07) is -0.203. The minimum atomic E-state index is -3.11. The van der Waals surface area contributed by atoms with Gasteiger partial charge in [-0.3, -0.25) is 9.46 Å². The molecule has 0 saturated carbocycles. The number of hydrogen-bond acceptors (Lipinski definition) is 6. The highest BCUT2D eigenvalue weighted by Gasteiger charge is 2.44. The summed E-state index contributed by atoms with van der Waals surface area (Å²) < 4.78 is 35.3. The monoisotopic (exact) mass is 433 g/mol. The average Bonchev–Trinajstić information content (AvgIpc) is 2.78. The molecule has 8 heteroatoms. The van der Waals surface area contributed by atoms with Crippen LogP contribution < -0.4 is 0 Å². The van der Waals surface area contributed by atoms with Crippen LogP contribution in [0.15, 0.2) is 12.2 Å². The number of unbranched alkanes of at least 4 members (excludes halogenated alkanes) is 1. The Kier molecular flexibility index (Phi) is 9.41. The van der Waals surface area contributed by atoms with Gasteiger partial charge in [-0.2, -0.15) is 0 Å². The van der Waals surface area contributed by atoms with E-state index in [1.165, 1.54) is 0 Å². The molecule has 0 spiro atoms. The molecule has 29 heavy (non-hydrogen) atoms. The summed E-state index contributed by atoms with van der Waals surface area (Å²) in [5.41, 5.74) is -1.30. The van der Waals surface area contributed by atoms with Crippen molar-refractivity contribution in [3.63, 3.8) is 0 Å². The van der Waals surface area contributed by atoms with Gasteiger partial charge in [0.25, 0.3) is 0 Å². The van der Waals surface area contributed by atoms with E-state index in [-0.39, 0.29) is 18.2 Å². The lowest BCUT2D eigenvalue weighted by atomic mass is 10.2. The van der Waals surface area contributed by atoms with E-state index >= 15 is 0 Å². The van der Waals surface area contributed by atoms with Gasteiger partial charge in [-0.1, -0.05) is 12.2 Å². The largest absolute Gasteiger partial charge is 0.444 e. The summed E-state index contributed by atoms with van der Waals surface area (Å²) >= 11 is 0. The third kappa shape index (κ3) is 9.20. The fourth-order valence-corrected chi connectivity index (χ4v) is 5.18. The van der Waals surface area contributed by atoms with Gasteiger partial charge in [0.2, 0.25) is 0 Å². The number of nitrogens with zero attached hydrogens (tertiary/aromatic N) is 1. The molecule has 0 aromatic rings. The molecular formula is C21H40NO6P. The number of allylic oxidation sites excluding steroid dienone is 1. The van der Waals surface area contributed by atoms with Crippen molar-refractivity contribution in [3.8, 4) is 0 Å². The van der Waals surface area contributed by atoms with E-state index in [9.17, 15) is 9.36 Å². The zero-order valence-corrected chi connectivity index (χ0v) is 20.5. The Labute approximate surface area is 176 Å². The van der Waals surface area contributed by atoms with Gasteiger partial charge in [0.05, 0.1) is 31.0 Å². The number of ether oxygens (including phenoxy) is 2. The van der Waals surface area contributed by atoms with E-state index in [0.29, 0.717) is 25.6 Å². The molecule has 0 aromatic carbocycles. The molecule has 0 radical (unpaired) electrons. The van der Waals surface area contributed by atoms with Gasteiger partial charge in [-0.15, -0.1) is 0 Å². The Morgan fingerprint density at radius 2 is 1.76 bits per heavy atom. The molecule has 0 aromatic heterocycles. The first-order chi connectivity index (χ1) is 13.2. The van der Waals surface area contributed by atoms with Gasteiger partial charge in [0.1, 0.15) is 11.3 Å². The second-order valence-electron chi connectivity index (χ2n) is 9.39. The molecule has 1 aliphatic rings. The predicted octanol–water partition coefficient (Wildman–Crippen LogP) is 5.74. The Hall–Kier alpha value is -0.880. The first kappa shape index (κ1) is 26.2. The van der Waals surface area contributed by atoms with Crippen LogP contribution in [-0.2, 0) is 23.1 Å². The van der Waals surface area contributed by atoms with Crippen molar-refractivity contribution in [2.75, 3.05) is 12.8 Å². The molecule has 1 fully saturated rings. The van der Waals surface area contributed by atoms with E-state index in [2.05, 4.69) is 0 Å². The van der Waals surface area contributed by atoms with Gasteiger partial charge >= 0.3 is 13.7 Å². The molecule has 0 aliphatic carbocycles. The standard InChI is InChI=1S/C21H40NO6P/c1-16(2)27-29(24,28-17(3)4)14-12-10-11-13-18-15-25-21(8,9)22(18)19(23)26-20(5,6)7/h11,13,16-18H,10,12,14-15H2,1-9H3/t18-/m1/s1. The van der Waals surface area contributed by atoms with Crippen LogP contribution in [0.3, 0.4) is 0 Å². The molecule has 1 amide bonds. The summed E-state index contributed by atoms with van der Waals surface area (Å²) in [4.78, 5) is 14.3. The Balaban J connectivity index is 2.67. The summed E-state index contributed by atoms with van der Waals surface area (Å²) in [7, 11) is -3.11. The van der Waals surface area contributed by atoms with Crippen LogP contribution in [0.1, 0.15) is 75.2 Å². The highest BCUT2D eigenvalue weighted by Crippen LogP contribution is 2.51. The lowest BCUT2D eigenvalue weighted by Crippen LogP contribution is -2.49. The summed E-state index contributed by atoms with van der Waals surface area (Å²) in [6.07, 6.45) is 4.96. The van der Waals surface area contributed by atoms with Crippen molar-refractivity contribution < 1.29 is 27.9 Å². The molecule has 0 bridgehead atoms. The molecule has 0 N–H and O–H groups in total. The van der Waals surface area contributed by atoms with E-state index in [1.54, 1.807) is 4.90 Å². The minimum absolute atomic E-state index is 0.157. The SMILES string of the molecule is CC(C)OP(=O)(CCCC=C[C@@H]1COC(C)(C)N1C(=O)OC(C)(C)C)OC(C)C. The lowest BCUT2D eigenvalue weighted by Gasteiger charge is -2.34. The van der Waals surface area contributed by atoms with Gasteiger partial charge < -0.3 is 18.5 Å². The minimum Gasteiger partial charge on any atom is -0.444 e. The third-order valence-corrected chi connectivity index (χ3v) is 6.36. The molecule has 7 nitrogen and oxygen atoms in total. The average molecular weight is 434 g/mol. The van der Waals surface area contributed by atoms with Crippen LogP contribution in [-0.4, -0.2) is 53.3 Å². The molecule has 170 valence electrons. The fourth-order valence-electron chi connectivity index (χ4n) is 3.07. The number of rotatable bonds is 9. The molecule has 1 rings (SSSR count). The van der Waals surface area contributed by atoms with Crippen molar-refractivity contribution in [2.45, 2.75) is 105 Å². The van der Waals surface area contributed by atoms with Gasteiger partial charge in [0, 0.05) is 0 Å². The first-order valence-corrected chi connectivity index (χ1v) is 12.2. The molecule has 0 unspecified atom stereocenters. The van der Waals surface area contributed by atoms with Crippen LogP contribution in [0.2, 0.25) is 0 Å². The molecule has 1 heterocycles. The quantitative estimate of drug-likeness (QED) is 0.262. The number of carbonyl (C=O) groups excluding carboxylic acids is 1. The summed E-state index contributed by atoms with van der Waals surface area (Å²) in [5.74, 6) is 0. The van der Waals surface area contributed by atoms with Gasteiger partial charge in [0.15, 0.2) is 0 Å². The van der Waals surface area contributed by atoms with Crippen molar-refractivity contribution in [1.82, 2.24) is 4.90 Å². The number of amides is 1. The van der Waals surface area contributed by atoms with Crippen LogP contribution in [0.5, 0.6) is 0 Å². The fraction of sp³-hybridized carbons (Fsp3) is 0.857. The maximum atomic E-state index is 12.9. The topological polar surface area (TPSA) is 74.3 Å². The molecule has 1 atom stereocenters. The van der Waals surface area contributed by atoms with Crippen molar-refractivity contribution in [2.24, 2.45) is 0 Å². The van der Waals surface area contributed by atoms with E-state index < -0.39 is 25.0 Å². The zero-order chi connectivity index (χ0) is 22.5. The zero-order valence-electron chi connectivity index (χ0n) is 19.6. The van der Waals surface area contributed by atoms with Crippen LogP contribution in [0.25, 0.3) is 0 Å². The van der Waals surface area contributed by atoms with Crippen molar-refractivity contribution in [3.05, 3.63) is 12.2 Å². The normalized spacial score (nSPS) is 20.2. The first-order valence-electron chi connectivity index (χ1n) is 10.4. The van der Waals surface area contributed by atoms with E-state index in [1.807, 2.05) is 74.5 Å². The highest BCUT2D eigenvalue weighted by molar-refractivity contribution is 7.53. The van der Waals surface area contributed by atoms with Crippen LogP contribution in [0, 0.1) is 0 Å². The Morgan fingerprint density at radius 1 is 1.21 bits per heavy atom. The Bertz CT molecular complexity index is 595. The molecule has 1 aliphatic heterocycles.